The van der Waals surface area contributed by atoms with Crippen molar-refractivity contribution in [3.05, 3.63) is 29.8 Å². The van der Waals surface area contributed by atoms with E-state index < -0.39 is 0 Å². The molecule has 128 valence electrons. The maximum Gasteiger partial charge on any atom is 0.191 e. The first-order valence-electron chi connectivity index (χ1n) is 8.28. The molecule has 2 rings (SSSR count). The molecule has 1 aromatic carbocycles. The summed E-state index contributed by atoms with van der Waals surface area (Å²) in [6.45, 7) is 5.43. The van der Waals surface area contributed by atoms with Crippen molar-refractivity contribution in [2.24, 2.45) is 4.99 Å². The molecule has 5 nitrogen and oxygen atoms in total. The van der Waals surface area contributed by atoms with Crippen LogP contribution < -0.4 is 15.4 Å². The summed E-state index contributed by atoms with van der Waals surface area (Å²) >= 11 is 0. The van der Waals surface area contributed by atoms with Gasteiger partial charge in [-0.1, -0.05) is 18.2 Å². The van der Waals surface area contributed by atoms with Crippen LogP contribution in [-0.4, -0.2) is 38.4 Å². The number of methoxy groups -OCH3 is 1. The van der Waals surface area contributed by atoms with Gasteiger partial charge in [0.25, 0.3) is 0 Å². The number of aliphatic imine (C=N–C) groups is 1. The number of para-hydroxylation sites is 1. The van der Waals surface area contributed by atoms with Crippen LogP contribution in [0.1, 0.15) is 38.7 Å². The van der Waals surface area contributed by atoms with Crippen LogP contribution in [0.15, 0.2) is 29.3 Å². The van der Waals surface area contributed by atoms with Gasteiger partial charge < -0.3 is 20.1 Å². The lowest BCUT2D eigenvalue weighted by Crippen LogP contribution is -2.45. The van der Waals surface area contributed by atoms with E-state index in [4.69, 9.17) is 9.47 Å². The van der Waals surface area contributed by atoms with Crippen LogP contribution in [0.25, 0.3) is 0 Å². The van der Waals surface area contributed by atoms with E-state index in [-0.39, 0.29) is 5.60 Å². The van der Waals surface area contributed by atoms with Crippen molar-refractivity contribution in [1.82, 2.24) is 10.6 Å². The molecule has 0 heterocycles. The first-order chi connectivity index (χ1) is 11.0. The third kappa shape index (κ3) is 5.43. The molecule has 1 aliphatic carbocycles. The topological polar surface area (TPSA) is 54.9 Å². The molecular weight excluding hydrogens is 290 g/mol. The monoisotopic (exact) mass is 319 g/mol. The lowest BCUT2D eigenvalue weighted by Gasteiger charge is -2.28. The Balaban J connectivity index is 1.88. The number of rotatable bonds is 7. The van der Waals surface area contributed by atoms with Crippen LogP contribution in [0.3, 0.4) is 0 Å². The molecule has 5 heteroatoms. The molecule has 0 aliphatic heterocycles. The van der Waals surface area contributed by atoms with Gasteiger partial charge in [0.05, 0.1) is 11.7 Å². The zero-order valence-corrected chi connectivity index (χ0v) is 14.7. The molecule has 0 saturated heterocycles. The summed E-state index contributed by atoms with van der Waals surface area (Å²) in [5.74, 6) is 1.73. The SMILES string of the molecule is CN=C(NCc1ccccc1OC1CCC1)NCC(C)(C)OC. The van der Waals surface area contributed by atoms with E-state index in [2.05, 4.69) is 21.7 Å². The van der Waals surface area contributed by atoms with E-state index in [1.165, 1.54) is 6.42 Å². The predicted molar refractivity (Wildman–Crippen MR) is 94.0 cm³/mol. The van der Waals surface area contributed by atoms with Gasteiger partial charge in [-0.15, -0.1) is 0 Å². The molecule has 23 heavy (non-hydrogen) atoms. The average molecular weight is 319 g/mol. The number of ether oxygens (including phenoxy) is 2. The fourth-order valence-corrected chi connectivity index (χ4v) is 2.20. The first kappa shape index (κ1) is 17.6. The fraction of sp³-hybridized carbons (Fsp3) is 0.611. The zero-order valence-electron chi connectivity index (χ0n) is 14.7. The molecule has 0 aromatic heterocycles. The van der Waals surface area contributed by atoms with Gasteiger partial charge in [-0.25, -0.2) is 0 Å². The quantitative estimate of drug-likeness (QED) is 0.599. The van der Waals surface area contributed by atoms with Crippen LogP contribution in [0.2, 0.25) is 0 Å². The normalized spacial score (nSPS) is 15.9. The fourth-order valence-electron chi connectivity index (χ4n) is 2.20. The van der Waals surface area contributed by atoms with Gasteiger partial charge in [0.1, 0.15) is 5.75 Å². The number of guanidine groups is 1. The lowest BCUT2D eigenvalue weighted by molar-refractivity contribution is 0.0268. The Morgan fingerprint density at radius 3 is 2.61 bits per heavy atom. The second-order valence-electron chi connectivity index (χ2n) is 6.52. The van der Waals surface area contributed by atoms with E-state index >= 15 is 0 Å². The van der Waals surface area contributed by atoms with Gasteiger partial charge in [0, 0.05) is 32.8 Å². The highest BCUT2D eigenvalue weighted by Crippen LogP contribution is 2.27. The number of nitrogens with one attached hydrogen (secondary N) is 2. The largest absolute Gasteiger partial charge is 0.490 e. The summed E-state index contributed by atoms with van der Waals surface area (Å²) in [5, 5.41) is 6.62. The van der Waals surface area contributed by atoms with Crippen molar-refractivity contribution in [3.8, 4) is 5.75 Å². The van der Waals surface area contributed by atoms with Crippen molar-refractivity contribution < 1.29 is 9.47 Å². The number of hydrogen-bond acceptors (Lipinski definition) is 3. The van der Waals surface area contributed by atoms with Crippen molar-refractivity contribution >= 4 is 5.96 Å². The average Bonchev–Trinajstić information content (AvgIpc) is 2.52. The predicted octanol–water partition coefficient (Wildman–Crippen LogP) is 2.71. The second-order valence-corrected chi connectivity index (χ2v) is 6.52. The minimum atomic E-state index is -0.233. The first-order valence-corrected chi connectivity index (χ1v) is 8.28. The molecule has 0 atom stereocenters. The van der Waals surface area contributed by atoms with Gasteiger partial charge >= 0.3 is 0 Å². The minimum Gasteiger partial charge on any atom is -0.490 e. The minimum absolute atomic E-state index is 0.233. The summed E-state index contributed by atoms with van der Waals surface area (Å²) < 4.78 is 11.5. The van der Waals surface area contributed by atoms with E-state index in [1.54, 1.807) is 14.2 Å². The lowest BCUT2D eigenvalue weighted by atomic mass is 9.96. The summed E-state index contributed by atoms with van der Waals surface area (Å²) in [6, 6.07) is 8.19. The van der Waals surface area contributed by atoms with Gasteiger partial charge in [-0.05, 0) is 39.2 Å². The molecule has 0 amide bonds. The Labute approximate surface area is 139 Å². The van der Waals surface area contributed by atoms with E-state index in [0.717, 1.165) is 30.1 Å². The van der Waals surface area contributed by atoms with E-state index in [9.17, 15) is 0 Å². The smallest absolute Gasteiger partial charge is 0.191 e. The summed E-state index contributed by atoms with van der Waals surface area (Å²) in [4.78, 5) is 4.26. The van der Waals surface area contributed by atoms with Crippen LogP contribution in [-0.2, 0) is 11.3 Å². The second kappa shape index (κ2) is 8.20. The third-order valence-electron chi connectivity index (χ3n) is 4.22. The molecule has 1 aliphatic rings. The van der Waals surface area contributed by atoms with Crippen LogP contribution in [0.4, 0.5) is 0 Å². The van der Waals surface area contributed by atoms with Crippen LogP contribution >= 0.6 is 0 Å². The zero-order chi connectivity index (χ0) is 16.7. The Morgan fingerprint density at radius 2 is 2.00 bits per heavy atom. The van der Waals surface area contributed by atoms with Crippen LogP contribution in [0, 0.1) is 0 Å². The number of benzene rings is 1. The maximum absolute atomic E-state index is 6.06. The van der Waals surface area contributed by atoms with Gasteiger partial charge in [-0.3, -0.25) is 4.99 Å². The highest BCUT2D eigenvalue weighted by Gasteiger charge is 2.20. The highest BCUT2D eigenvalue weighted by atomic mass is 16.5. The van der Waals surface area contributed by atoms with Gasteiger partial charge in [0.2, 0.25) is 0 Å². The summed E-state index contributed by atoms with van der Waals surface area (Å²) in [7, 11) is 3.48. The number of hydrogen-bond donors (Lipinski definition) is 2. The Hall–Kier alpha value is -1.75. The molecular formula is C18H29N3O2. The molecule has 1 fully saturated rings. The van der Waals surface area contributed by atoms with Gasteiger partial charge in [0.15, 0.2) is 5.96 Å². The van der Waals surface area contributed by atoms with Crippen molar-refractivity contribution in [2.45, 2.75) is 51.4 Å². The molecule has 0 bridgehead atoms. The van der Waals surface area contributed by atoms with Crippen molar-refractivity contribution in [1.29, 1.82) is 0 Å². The molecule has 1 aromatic rings. The highest BCUT2D eigenvalue weighted by molar-refractivity contribution is 5.79. The van der Waals surface area contributed by atoms with Crippen molar-refractivity contribution in [3.63, 3.8) is 0 Å². The Bertz CT molecular complexity index is 525. The van der Waals surface area contributed by atoms with Gasteiger partial charge in [-0.2, -0.15) is 0 Å². The summed E-state index contributed by atoms with van der Waals surface area (Å²) in [5.41, 5.74) is 0.913. The number of nitrogens with zero attached hydrogens (tertiary/aromatic N) is 1. The Kier molecular flexibility index (Phi) is 6.28. The van der Waals surface area contributed by atoms with E-state index in [1.807, 2.05) is 32.0 Å². The third-order valence-corrected chi connectivity index (χ3v) is 4.22. The molecule has 0 unspecified atom stereocenters. The van der Waals surface area contributed by atoms with Crippen molar-refractivity contribution in [2.75, 3.05) is 20.7 Å². The Morgan fingerprint density at radius 1 is 1.26 bits per heavy atom. The summed E-state index contributed by atoms with van der Waals surface area (Å²) in [6.07, 6.45) is 3.99. The maximum atomic E-state index is 6.06. The molecule has 2 N–H and O–H groups in total. The molecule has 1 saturated carbocycles. The molecule has 0 radical (unpaired) electrons. The molecule has 0 spiro atoms. The van der Waals surface area contributed by atoms with Crippen LogP contribution in [0.5, 0.6) is 5.75 Å². The standard InChI is InChI=1S/C18H29N3O2/c1-18(2,22-4)13-21-17(19-3)20-12-14-8-5-6-11-16(14)23-15-9-7-10-15/h5-6,8,11,15H,7,9-10,12-13H2,1-4H3,(H2,19,20,21). The van der Waals surface area contributed by atoms with E-state index in [0.29, 0.717) is 19.2 Å².